The highest BCUT2D eigenvalue weighted by Crippen LogP contribution is 2.13. The molecule has 6 nitrogen and oxygen atoms in total. The van der Waals surface area contributed by atoms with Gasteiger partial charge in [-0.15, -0.1) is 0 Å². The first-order chi connectivity index (χ1) is 9.72. The Labute approximate surface area is 117 Å². The molecule has 0 spiro atoms. The average Bonchev–Trinajstić information content (AvgIpc) is 2.97. The van der Waals surface area contributed by atoms with Gasteiger partial charge in [0, 0.05) is 23.9 Å². The Bertz CT molecular complexity index is 567. The normalized spacial score (nSPS) is 10.3. The fourth-order valence-corrected chi connectivity index (χ4v) is 1.71. The number of aromatic nitrogens is 2. The standard InChI is InChI=1S/C14H18N4O2/c1-3-6-15-13-9-10(8-11(4-2)16-13)14(19)17-12-5-7-20-18-12/h5,7-9H,3-4,6H2,1-2H3,(H,15,16)(H,17,18,19). The van der Waals surface area contributed by atoms with Crippen LogP contribution in [0.2, 0.25) is 0 Å². The third kappa shape index (κ3) is 3.57. The minimum atomic E-state index is -0.226. The average molecular weight is 274 g/mol. The maximum atomic E-state index is 12.2. The highest BCUT2D eigenvalue weighted by Gasteiger charge is 2.11. The van der Waals surface area contributed by atoms with Gasteiger partial charge >= 0.3 is 0 Å². The lowest BCUT2D eigenvalue weighted by atomic mass is 10.2. The molecule has 0 aliphatic carbocycles. The minimum absolute atomic E-state index is 0.226. The van der Waals surface area contributed by atoms with Gasteiger partial charge in [-0.05, 0) is 25.0 Å². The summed E-state index contributed by atoms with van der Waals surface area (Å²) >= 11 is 0. The molecule has 0 radical (unpaired) electrons. The molecule has 0 fully saturated rings. The number of hydrogen-bond donors (Lipinski definition) is 2. The van der Waals surface area contributed by atoms with Crippen LogP contribution in [0.4, 0.5) is 11.6 Å². The first kappa shape index (κ1) is 14.0. The number of hydrogen-bond acceptors (Lipinski definition) is 5. The number of carbonyl (C=O) groups excluding carboxylic acids is 1. The van der Waals surface area contributed by atoms with Crippen LogP contribution in [0.25, 0.3) is 0 Å². The Balaban J connectivity index is 2.18. The SMILES string of the molecule is CCCNc1cc(C(=O)Nc2ccon2)cc(CC)n1. The third-order valence-corrected chi connectivity index (χ3v) is 2.74. The summed E-state index contributed by atoms with van der Waals surface area (Å²) in [5.74, 6) is 0.889. The lowest BCUT2D eigenvalue weighted by molar-refractivity contribution is 0.102. The molecule has 1 amide bonds. The monoisotopic (exact) mass is 274 g/mol. The summed E-state index contributed by atoms with van der Waals surface area (Å²) in [6.45, 7) is 4.91. The summed E-state index contributed by atoms with van der Waals surface area (Å²) in [5, 5.41) is 9.53. The van der Waals surface area contributed by atoms with Crippen molar-refractivity contribution >= 4 is 17.5 Å². The second-order valence-corrected chi connectivity index (χ2v) is 4.35. The molecule has 106 valence electrons. The van der Waals surface area contributed by atoms with E-state index in [2.05, 4.69) is 32.2 Å². The van der Waals surface area contributed by atoms with Crippen molar-refractivity contribution in [2.75, 3.05) is 17.2 Å². The largest absolute Gasteiger partial charge is 0.370 e. The molecule has 0 aliphatic rings. The van der Waals surface area contributed by atoms with Gasteiger partial charge < -0.3 is 15.2 Å². The van der Waals surface area contributed by atoms with Crippen molar-refractivity contribution in [3.05, 3.63) is 35.7 Å². The van der Waals surface area contributed by atoms with Gasteiger partial charge in [-0.1, -0.05) is 19.0 Å². The zero-order chi connectivity index (χ0) is 14.4. The Morgan fingerprint density at radius 3 is 2.80 bits per heavy atom. The summed E-state index contributed by atoms with van der Waals surface area (Å²) < 4.78 is 4.68. The molecule has 2 N–H and O–H groups in total. The van der Waals surface area contributed by atoms with E-state index in [0.717, 1.165) is 30.9 Å². The van der Waals surface area contributed by atoms with Gasteiger partial charge in [-0.2, -0.15) is 0 Å². The molecule has 2 rings (SSSR count). The van der Waals surface area contributed by atoms with Crippen LogP contribution in [0, 0.1) is 0 Å². The lowest BCUT2D eigenvalue weighted by Crippen LogP contribution is -2.14. The number of rotatable bonds is 6. The molecule has 20 heavy (non-hydrogen) atoms. The van der Waals surface area contributed by atoms with Crippen molar-refractivity contribution in [1.29, 1.82) is 0 Å². The molecule has 2 aromatic rings. The van der Waals surface area contributed by atoms with Gasteiger partial charge in [0.2, 0.25) is 0 Å². The van der Waals surface area contributed by atoms with Crippen molar-refractivity contribution in [2.24, 2.45) is 0 Å². The number of anilines is 2. The van der Waals surface area contributed by atoms with Crippen LogP contribution in [-0.4, -0.2) is 22.6 Å². The number of nitrogens with one attached hydrogen (secondary N) is 2. The first-order valence-corrected chi connectivity index (χ1v) is 6.69. The zero-order valence-electron chi connectivity index (χ0n) is 11.6. The van der Waals surface area contributed by atoms with Gasteiger partial charge in [0.25, 0.3) is 5.91 Å². The minimum Gasteiger partial charge on any atom is -0.370 e. The molecule has 0 bridgehead atoms. The smallest absolute Gasteiger partial charge is 0.257 e. The van der Waals surface area contributed by atoms with Crippen LogP contribution in [0.15, 0.2) is 29.0 Å². The molecular weight excluding hydrogens is 256 g/mol. The Hall–Kier alpha value is -2.37. The molecule has 0 saturated carbocycles. The number of nitrogens with zero attached hydrogens (tertiary/aromatic N) is 2. The van der Waals surface area contributed by atoms with E-state index < -0.39 is 0 Å². The maximum absolute atomic E-state index is 12.2. The molecule has 6 heteroatoms. The van der Waals surface area contributed by atoms with Gasteiger partial charge in [-0.25, -0.2) is 4.98 Å². The highest BCUT2D eigenvalue weighted by molar-refractivity contribution is 6.04. The van der Waals surface area contributed by atoms with Crippen molar-refractivity contribution < 1.29 is 9.32 Å². The molecular formula is C14H18N4O2. The van der Waals surface area contributed by atoms with E-state index in [0.29, 0.717) is 11.4 Å². The van der Waals surface area contributed by atoms with Crippen LogP contribution in [0.3, 0.4) is 0 Å². The predicted octanol–water partition coefficient (Wildman–Crippen LogP) is 2.71. The molecule has 0 unspecified atom stereocenters. The summed E-state index contributed by atoms with van der Waals surface area (Å²) in [5.41, 5.74) is 1.43. The number of carbonyl (C=O) groups is 1. The van der Waals surface area contributed by atoms with E-state index in [1.807, 2.05) is 6.92 Å². The fourth-order valence-electron chi connectivity index (χ4n) is 1.71. The first-order valence-electron chi connectivity index (χ1n) is 6.69. The van der Waals surface area contributed by atoms with Crippen molar-refractivity contribution in [2.45, 2.75) is 26.7 Å². The van der Waals surface area contributed by atoms with Crippen LogP contribution in [-0.2, 0) is 6.42 Å². The highest BCUT2D eigenvalue weighted by atomic mass is 16.5. The molecule has 2 aromatic heterocycles. The van der Waals surface area contributed by atoms with Gasteiger partial charge in [0.1, 0.15) is 12.1 Å². The van der Waals surface area contributed by atoms with E-state index in [1.54, 1.807) is 18.2 Å². The van der Waals surface area contributed by atoms with Crippen molar-refractivity contribution in [3.8, 4) is 0 Å². The van der Waals surface area contributed by atoms with Gasteiger partial charge in [-0.3, -0.25) is 4.79 Å². The van der Waals surface area contributed by atoms with Crippen LogP contribution in [0.1, 0.15) is 36.3 Å². The van der Waals surface area contributed by atoms with E-state index in [1.165, 1.54) is 6.26 Å². The summed E-state index contributed by atoms with van der Waals surface area (Å²) in [6.07, 6.45) is 3.18. The number of aryl methyl sites for hydroxylation is 1. The summed E-state index contributed by atoms with van der Waals surface area (Å²) in [6, 6.07) is 5.12. The number of pyridine rings is 1. The Morgan fingerprint density at radius 2 is 2.15 bits per heavy atom. The third-order valence-electron chi connectivity index (χ3n) is 2.74. The molecule has 0 aliphatic heterocycles. The second kappa shape index (κ2) is 6.70. The van der Waals surface area contributed by atoms with Gasteiger partial charge in [0.05, 0.1) is 0 Å². The van der Waals surface area contributed by atoms with Crippen molar-refractivity contribution in [3.63, 3.8) is 0 Å². The lowest BCUT2D eigenvalue weighted by Gasteiger charge is -2.09. The van der Waals surface area contributed by atoms with E-state index in [-0.39, 0.29) is 5.91 Å². The molecule has 0 saturated heterocycles. The molecule has 2 heterocycles. The predicted molar refractivity (Wildman–Crippen MR) is 76.9 cm³/mol. The zero-order valence-corrected chi connectivity index (χ0v) is 11.6. The van der Waals surface area contributed by atoms with E-state index >= 15 is 0 Å². The van der Waals surface area contributed by atoms with Crippen LogP contribution in [0.5, 0.6) is 0 Å². The summed E-state index contributed by atoms with van der Waals surface area (Å²) in [4.78, 5) is 16.6. The van der Waals surface area contributed by atoms with E-state index in [4.69, 9.17) is 0 Å². The molecule has 0 atom stereocenters. The quantitative estimate of drug-likeness (QED) is 0.846. The summed E-state index contributed by atoms with van der Waals surface area (Å²) in [7, 11) is 0. The van der Waals surface area contributed by atoms with Crippen LogP contribution >= 0.6 is 0 Å². The van der Waals surface area contributed by atoms with Crippen LogP contribution < -0.4 is 10.6 Å². The molecule has 0 aromatic carbocycles. The second-order valence-electron chi connectivity index (χ2n) is 4.35. The van der Waals surface area contributed by atoms with Crippen molar-refractivity contribution in [1.82, 2.24) is 10.1 Å². The Morgan fingerprint density at radius 1 is 1.30 bits per heavy atom. The Kier molecular flexibility index (Phi) is 4.70. The van der Waals surface area contributed by atoms with Gasteiger partial charge in [0.15, 0.2) is 5.82 Å². The maximum Gasteiger partial charge on any atom is 0.257 e. The number of amides is 1. The topological polar surface area (TPSA) is 80.0 Å². The van der Waals surface area contributed by atoms with E-state index in [9.17, 15) is 4.79 Å². The fraction of sp³-hybridized carbons (Fsp3) is 0.357.